The van der Waals surface area contributed by atoms with Gasteiger partial charge in [-0.2, -0.15) is 0 Å². The first-order valence-corrected chi connectivity index (χ1v) is 7.43. The lowest BCUT2D eigenvalue weighted by molar-refractivity contribution is 0.112. The van der Waals surface area contributed by atoms with Crippen molar-refractivity contribution in [1.82, 2.24) is 0 Å². The van der Waals surface area contributed by atoms with Gasteiger partial charge in [0.2, 0.25) is 0 Å². The Kier molecular flexibility index (Phi) is 5.26. The zero-order valence-electron chi connectivity index (χ0n) is 11.7. The molecule has 3 nitrogen and oxygen atoms in total. The number of hydrogen-bond donors (Lipinski definition) is 0. The van der Waals surface area contributed by atoms with E-state index in [0.717, 1.165) is 21.3 Å². The summed E-state index contributed by atoms with van der Waals surface area (Å²) in [5.41, 5.74) is 2.20. The molecule has 0 saturated carbocycles. The summed E-state index contributed by atoms with van der Waals surface area (Å²) in [6.07, 6.45) is 0.716. The molecule has 0 aromatic heterocycles. The van der Waals surface area contributed by atoms with Gasteiger partial charge in [0.1, 0.15) is 18.1 Å². The zero-order valence-corrected chi connectivity index (χ0v) is 14.0. The van der Waals surface area contributed by atoms with Crippen LogP contribution in [0.5, 0.6) is 11.5 Å². The SMILES string of the molecule is COc1cc(COc2cccc(Br)c2C)c(Cl)cc1C=O. The second-order valence-corrected chi connectivity index (χ2v) is 5.72. The predicted molar refractivity (Wildman–Crippen MR) is 86.6 cm³/mol. The Morgan fingerprint density at radius 1 is 1.29 bits per heavy atom. The van der Waals surface area contributed by atoms with Crippen LogP contribution in [0, 0.1) is 6.92 Å². The number of carbonyl (C=O) groups excluding carboxylic acids is 1. The van der Waals surface area contributed by atoms with E-state index in [2.05, 4.69) is 15.9 Å². The van der Waals surface area contributed by atoms with Crippen LogP contribution in [0.4, 0.5) is 0 Å². The lowest BCUT2D eigenvalue weighted by Crippen LogP contribution is -2.00. The second kappa shape index (κ2) is 6.96. The quantitative estimate of drug-likeness (QED) is 0.709. The first-order valence-electron chi connectivity index (χ1n) is 6.26. The van der Waals surface area contributed by atoms with Gasteiger partial charge in [-0.15, -0.1) is 0 Å². The number of ether oxygens (including phenoxy) is 2. The molecule has 0 aliphatic carbocycles. The van der Waals surface area contributed by atoms with Crippen molar-refractivity contribution in [2.24, 2.45) is 0 Å². The largest absolute Gasteiger partial charge is 0.496 e. The van der Waals surface area contributed by atoms with Crippen LogP contribution in [0.3, 0.4) is 0 Å². The summed E-state index contributed by atoms with van der Waals surface area (Å²) in [4.78, 5) is 10.9. The molecule has 21 heavy (non-hydrogen) atoms. The van der Waals surface area contributed by atoms with Gasteiger partial charge in [-0.25, -0.2) is 0 Å². The summed E-state index contributed by atoms with van der Waals surface area (Å²) in [6, 6.07) is 9.06. The highest BCUT2D eigenvalue weighted by atomic mass is 79.9. The average Bonchev–Trinajstić information content (AvgIpc) is 2.49. The molecule has 0 heterocycles. The summed E-state index contributed by atoms with van der Waals surface area (Å²) < 4.78 is 12.0. The molecular weight excluding hydrogens is 356 g/mol. The predicted octanol–water partition coefficient (Wildman–Crippen LogP) is 4.81. The minimum Gasteiger partial charge on any atom is -0.496 e. The Morgan fingerprint density at radius 2 is 2.05 bits per heavy atom. The molecule has 110 valence electrons. The summed E-state index contributed by atoms with van der Waals surface area (Å²) in [5, 5.41) is 0.477. The number of aldehydes is 1. The smallest absolute Gasteiger partial charge is 0.153 e. The van der Waals surface area contributed by atoms with E-state index in [4.69, 9.17) is 21.1 Å². The van der Waals surface area contributed by atoms with Crippen LogP contribution in [0.2, 0.25) is 5.02 Å². The molecular formula is C16H14BrClO3. The number of methoxy groups -OCH3 is 1. The highest BCUT2D eigenvalue weighted by Gasteiger charge is 2.10. The lowest BCUT2D eigenvalue weighted by atomic mass is 10.1. The van der Waals surface area contributed by atoms with E-state index >= 15 is 0 Å². The second-order valence-electron chi connectivity index (χ2n) is 4.46. The topological polar surface area (TPSA) is 35.5 Å². The van der Waals surface area contributed by atoms with Crippen LogP contribution >= 0.6 is 27.5 Å². The molecule has 0 fully saturated rings. The highest BCUT2D eigenvalue weighted by Crippen LogP contribution is 2.29. The van der Waals surface area contributed by atoms with Gasteiger partial charge < -0.3 is 9.47 Å². The Balaban J connectivity index is 2.24. The Hall–Kier alpha value is -1.52. The van der Waals surface area contributed by atoms with Crippen molar-refractivity contribution in [1.29, 1.82) is 0 Å². The maximum atomic E-state index is 10.9. The molecule has 2 rings (SSSR count). The van der Waals surface area contributed by atoms with E-state index in [-0.39, 0.29) is 0 Å². The molecule has 0 unspecified atom stereocenters. The minimum absolute atomic E-state index is 0.297. The van der Waals surface area contributed by atoms with Gasteiger partial charge in [0.05, 0.1) is 12.7 Å². The maximum absolute atomic E-state index is 10.9. The van der Waals surface area contributed by atoms with Crippen molar-refractivity contribution in [2.45, 2.75) is 13.5 Å². The van der Waals surface area contributed by atoms with Crippen molar-refractivity contribution in [2.75, 3.05) is 7.11 Å². The molecule has 5 heteroatoms. The van der Waals surface area contributed by atoms with Gasteiger partial charge in [0.25, 0.3) is 0 Å². The number of rotatable bonds is 5. The van der Waals surface area contributed by atoms with Crippen molar-refractivity contribution in [3.63, 3.8) is 0 Å². The van der Waals surface area contributed by atoms with Gasteiger partial charge in [0, 0.05) is 20.6 Å². The summed E-state index contributed by atoms with van der Waals surface area (Å²) in [7, 11) is 1.51. The Labute approximate surface area is 137 Å². The summed E-state index contributed by atoms with van der Waals surface area (Å²) in [5.74, 6) is 1.26. The summed E-state index contributed by atoms with van der Waals surface area (Å²) >= 11 is 9.63. The molecule has 0 aliphatic heterocycles. The third-order valence-electron chi connectivity index (χ3n) is 3.13. The van der Waals surface area contributed by atoms with Gasteiger partial charge >= 0.3 is 0 Å². The van der Waals surface area contributed by atoms with Crippen molar-refractivity contribution in [3.05, 3.63) is 56.5 Å². The first-order chi connectivity index (χ1) is 10.1. The van der Waals surface area contributed by atoms with Crippen LogP contribution < -0.4 is 9.47 Å². The lowest BCUT2D eigenvalue weighted by Gasteiger charge is -2.13. The molecule has 0 radical (unpaired) electrons. The van der Waals surface area contributed by atoms with Crippen LogP contribution in [-0.4, -0.2) is 13.4 Å². The van der Waals surface area contributed by atoms with Gasteiger partial charge in [-0.05, 0) is 31.2 Å². The molecule has 0 spiro atoms. The zero-order chi connectivity index (χ0) is 15.4. The van der Waals surface area contributed by atoms with E-state index in [1.54, 1.807) is 12.1 Å². The van der Waals surface area contributed by atoms with Gasteiger partial charge in [-0.3, -0.25) is 4.79 Å². The van der Waals surface area contributed by atoms with Crippen LogP contribution in [0.1, 0.15) is 21.5 Å². The molecule has 0 atom stereocenters. The number of hydrogen-bond acceptors (Lipinski definition) is 3. The maximum Gasteiger partial charge on any atom is 0.153 e. The van der Waals surface area contributed by atoms with Gasteiger partial charge in [-0.1, -0.05) is 33.6 Å². The van der Waals surface area contributed by atoms with E-state index in [9.17, 15) is 4.79 Å². The average molecular weight is 370 g/mol. The third-order valence-corrected chi connectivity index (χ3v) is 4.34. The molecule has 2 aromatic carbocycles. The van der Waals surface area contributed by atoms with E-state index in [1.807, 2.05) is 25.1 Å². The number of carbonyl (C=O) groups is 1. The van der Waals surface area contributed by atoms with E-state index < -0.39 is 0 Å². The van der Waals surface area contributed by atoms with E-state index in [0.29, 0.717) is 29.2 Å². The van der Waals surface area contributed by atoms with Crippen LogP contribution in [0.15, 0.2) is 34.8 Å². The third kappa shape index (κ3) is 3.57. The molecule has 0 saturated heterocycles. The monoisotopic (exact) mass is 368 g/mol. The first kappa shape index (κ1) is 15.9. The van der Waals surface area contributed by atoms with Crippen molar-refractivity contribution < 1.29 is 14.3 Å². The highest BCUT2D eigenvalue weighted by molar-refractivity contribution is 9.10. The van der Waals surface area contributed by atoms with Crippen molar-refractivity contribution >= 4 is 33.8 Å². The number of benzene rings is 2. The van der Waals surface area contributed by atoms with Crippen LogP contribution in [0.25, 0.3) is 0 Å². The number of halogens is 2. The Morgan fingerprint density at radius 3 is 2.71 bits per heavy atom. The fourth-order valence-corrected chi connectivity index (χ4v) is 2.46. The molecule has 0 bridgehead atoms. The van der Waals surface area contributed by atoms with E-state index in [1.165, 1.54) is 7.11 Å². The molecule has 0 aliphatic rings. The molecule has 0 N–H and O–H groups in total. The fraction of sp³-hybridized carbons (Fsp3) is 0.188. The van der Waals surface area contributed by atoms with Gasteiger partial charge in [0.15, 0.2) is 6.29 Å². The van der Waals surface area contributed by atoms with Crippen molar-refractivity contribution in [3.8, 4) is 11.5 Å². The fourth-order valence-electron chi connectivity index (χ4n) is 1.89. The molecule has 0 amide bonds. The summed E-state index contributed by atoms with van der Waals surface area (Å²) in [6.45, 7) is 2.27. The normalized spacial score (nSPS) is 10.3. The Bertz CT molecular complexity index is 671. The standard InChI is InChI=1S/C16H14BrClO3/c1-10-13(17)4-3-5-15(10)21-9-12-7-16(20-2)11(8-19)6-14(12)18/h3-8H,9H2,1-2H3. The molecule has 2 aromatic rings. The minimum atomic E-state index is 0.297. The van der Waals surface area contributed by atoms with Crippen LogP contribution in [-0.2, 0) is 6.61 Å².